The van der Waals surface area contributed by atoms with Crippen LogP contribution in [0, 0.1) is 6.92 Å². The molecule has 0 aliphatic carbocycles. The Bertz CT molecular complexity index is 394. The van der Waals surface area contributed by atoms with Gasteiger partial charge < -0.3 is 4.74 Å². The molecule has 0 radical (unpaired) electrons. The van der Waals surface area contributed by atoms with Crippen LogP contribution in [-0.4, -0.2) is 21.8 Å². The maximum absolute atomic E-state index is 12.6. The van der Waals surface area contributed by atoms with Gasteiger partial charge in [-0.05, 0) is 27.7 Å². The van der Waals surface area contributed by atoms with Crippen molar-refractivity contribution in [2.75, 3.05) is 0 Å². The molecule has 4 nitrogen and oxygen atoms in total. The molecule has 0 fully saturated rings. The molecular formula is C10H14F2N2O2. The normalized spacial score (nSPS) is 11.9. The molecule has 1 heterocycles. The Kier molecular flexibility index (Phi) is 3.30. The van der Waals surface area contributed by atoms with E-state index in [1.165, 1.54) is 6.92 Å². The van der Waals surface area contributed by atoms with Crippen molar-refractivity contribution in [2.45, 2.75) is 39.7 Å². The highest BCUT2D eigenvalue weighted by Gasteiger charge is 2.27. The number of carbonyl (C=O) groups is 1. The van der Waals surface area contributed by atoms with Gasteiger partial charge in [-0.15, -0.1) is 0 Å². The first-order chi connectivity index (χ1) is 7.22. The van der Waals surface area contributed by atoms with Crippen LogP contribution in [0.2, 0.25) is 0 Å². The van der Waals surface area contributed by atoms with E-state index in [4.69, 9.17) is 4.74 Å². The Balaban J connectivity index is 3.03. The van der Waals surface area contributed by atoms with E-state index in [2.05, 4.69) is 10.2 Å². The number of hydrogen-bond acceptors (Lipinski definition) is 3. The minimum absolute atomic E-state index is 0.176. The van der Waals surface area contributed by atoms with Crippen LogP contribution in [0.3, 0.4) is 0 Å². The van der Waals surface area contributed by atoms with E-state index in [0.29, 0.717) is 0 Å². The summed E-state index contributed by atoms with van der Waals surface area (Å²) in [6.07, 6.45) is -2.77. The van der Waals surface area contributed by atoms with Gasteiger partial charge in [-0.1, -0.05) is 0 Å². The third-order valence-corrected chi connectivity index (χ3v) is 1.80. The molecular weight excluding hydrogens is 218 g/mol. The molecule has 0 aliphatic heterocycles. The number of carbonyl (C=O) groups excluding carboxylic acids is 1. The molecule has 0 saturated carbocycles. The monoisotopic (exact) mass is 232 g/mol. The fraction of sp³-hybridized carbons (Fsp3) is 0.600. The predicted molar refractivity (Wildman–Crippen MR) is 53.5 cm³/mol. The highest BCUT2D eigenvalue weighted by Crippen LogP contribution is 2.24. The lowest BCUT2D eigenvalue weighted by Gasteiger charge is -2.19. The SMILES string of the molecule is Cc1n[nH]c(C(F)F)c1C(=O)OC(C)(C)C. The van der Waals surface area contributed by atoms with Gasteiger partial charge in [0.1, 0.15) is 16.9 Å². The van der Waals surface area contributed by atoms with Crippen molar-refractivity contribution in [3.05, 3.63) is 17.0 Å². The molecule has 90 valence electrons. The lowest BCUT2D eigenvalue weighted by atomic mass is 10.1. The number of rotatable bonds is 2. The van der Waals surface area contributed by atoms with Gasteiger partial charge in [0, 0.05) is 0 Å². The van der Waals surface area contributed by atoms with Crippen LogP contribution in [0.4, 0.5) is 8.78 Å². The van der Waals surface area contributed by atoms with E-state index in [1.54, 1.807) is 20.8 Å². The number of aryl methyl sites for hydroxylation is 1. The third kappa shape index (κ3) is 2.77. The van der Waals surface area contributed by atoms with Crippen molar-refractivity contribution in [3.8, 4) is 0 Å². The summed E-state index contributed by atoms with van der Waals surface area (Å²) in [5.74, 6) is -0.783. The lowest BCUT2D eigenvalue weighted by Crippen LogP contribution is -2.24. The highest BCUT2D eigenvalue weighted by atomic mass is 19.3. The summed E-state index contributed by atoms with van der Waals surface area (Å²) < 4.78 is 30.1. The second kappa shape index (κ2) is 4.19. The Morgan fingerprint density at radius 3 is 2.44 bits per heavy atom. The van der Waals surface area contributed by atoms with Crippen LogP contribution in [-0.2, 0) is 4.74 Å². The Hall–Kier alpha value is -1.46. The molecule has 0 aliphatic rings. The van der Waals surface area contributed by atoms with E-state index in [1.807, 2.05) is 0 Å². The zero-order chi connectivity index (χ0) is 12.5. The molecule has 1 aromatic heterocycles. The summed E-state index contributed by atoms with van der Waals surface area (Å²) in [5, 5.41) is 5.72. The fourth-order valence-corrected chi connectivity index (χ4v) is 1.20. The van der Waals surface area contributed by atoms with Gasteiger partial charge >= 0.3 is 5.97 Å². The van der Waals surface area contributed by atoms with E-state index in [-0.39, 0.29) is 11.3 Å². The molecule has 1 N–H and O–H groups in total. The standard InChI is InChI=1S/C10H14F2N2O2/c1-5-6(7(8(11)12)14-13-5)9(15)16-10(2,3)4/h8H,1-4H3,(H,13,14). The van der Waals surface area contributed by atoms with E-state index in [0.717, 1.165) is 0 Å². The second-order valence-electron chi connectivity index (χ2n) is 4.40. The van der Waals surface area contributed by atoms with E-state index >= 15 is 0 Å². The van der Waals surface area contributed by atoms with Crippen molar-refractivity contribution in [2.24, 2.45) is 0 Å². The largest absolute Gasteiger partial charge is 0.456 e. The molecule has 0 saturated heterocycles. The van der Waals surface area contributed by atoms with E-state index < -0.39 is 23.7 Å². The second-order valence-corrected chi connectivity index (χ2v) is 4.40. The molecule has 6 heteroatoms. The minimum Gasteiger partial charge on any atom is -0.456 e. The van der Waals surface area contributed by atoms with Crippen LogP contribution >= 0.6 is 0 Å². The zero-order valence-electron chi connectivity index (χ0n) is 9.60. The number of aromatic nitrogens is 2. The quantitative estimate of drug-likeness (QED) is 0.797. The zero-order valence-corrected chi connectivity index (χ0v) is 9.60. The fourth-order valence-electron chi connectivity index (χ4n) is 1.20. The molecule has 0 bridgehead atoms. The lowest BCUT2D eigenvalue weighted by molar-refractivity contribution is 0.00612. The van der Waals surface area contributed by atoms with Crippen LogP contribution < -0.4 is 0 Å². The van der Waals surface area contributed by atoms with Crippen molar-refractivity contribution < 1.29 is 18.3 Å². The predicted octanol–water partition coefficient (Wildman–Crippen LogP) is 2.61. The number of ether oxygens (including phenoxy) is 1. The number of aromatic amines is 1. The molecule has 16 heavy (non-hydrogen) atoms. The average molecular weight is 232 g/mol. The van der Waals surface area contributed by atoms with Gasteiger partial charge in [0.2, 0.25) is 0 Å². The maximum Gasteiger partial charge on any atom is 0.342 e. The van der Waals surface area contributed by atoms with Crippen molar-refractivity contribution in [1.82, 2.24) is 10.2 Å². The number of alkyl halides is 2. The van der Waals surface area contributed by atoms with Gasteiger partial charge in [-0.3, -0.25) is 5.10 Å². The van der Waals surface area contributed by atoms with Gasteiger partial charge in [0.05, 0.1) is 5.69 Å². The smallest absolute Gasteiger partial charge is 0.342 e. The molecule has 1 aromatic rings. The Morgan fingerprint density at radius 1 is 1.44 bits per heavy atom. The highest BCUT2D eigenvalue weighted by molar-refractivity contribution is 5.92. The van der Waals surface area contributed by atoms with Gasteiger partial charge in [-0.2, -0.15) is 5.10 Å². The van der Waals surface area contributed by atoms with Crippen LogP contribution in [0.25, 0.3) is 0 Å². The number of nitrogens with zero attached hydrogens (tertiary/aromatic N) is 1. The van der Waals surface area contributed by atoms with Crippen LogP contribution in [0.1, 0.15) is 48.9 Å². The number of esters is 1. The van der Waals surface area contributed by atoms with Gasteiger partial charge in [0.25, 0.3) is 6.43 Å². The van der Waals surface area contributed by atoms with Crippen LogP contribution in [0.15, 0.2) is 0 Å². The van der Waals surface area contributed by atoms with Crippen LogP contribution in [0.5, 0.6) is 0 Å². The minimum atomic E-state index is -2.77. The molecule has 0 atom stereocenters. The topological polar surface area (TPSA) is 55.0 Å². The number of hydrogen-bond donors (Lipinski definition) is 1. The van der Waals surface area contributed by atoms with Crippen molar-refractivity contribution >= 4 is 5.97 Å². The Morgan fingerprint density at radius 2 is 2.00 bits per heavy atom. The van der Waals surface area contributed by atoms with Gasteiger partial charge in [0.15, 0.2) is 0 Å². The maximum atomic E-state index is 12.6. The first-order valence-electron chi connectivity index (χ1n) is 4.78. The third-order valence-electron chi connectivity index (χ3n) is 1.80. The first-order valence-corrected chi connectivity index (χ1v) is 4.78. The van der Waals surface area contributed by atoms with Crippen molar-refractivity contribution in [1.29, 1.82) is 0 Å². The summed E-state index contributed by atoms with van der Waals surface area (Å²) in [5.41, 5.74) is -1.18. The molecule has 0 unspecified atom stereocenters. The molecule has 0 aromatic carbocycles. The van der Waals surface area contributed by atoms with E-state index in [9.17, 15) is 13.6 Å². The Labute approximate surface area is 92.0 Å². The summed E-state index contributed by atoms with van der Waals surface area (Å²) in [4.78, 5) is 11.7. The summed E-state index contributed by atoms with van der Waals surface area (Å²) >= 11 is 0. The molecule has 0 spiro atoms. The summed E-state index contributed by atoms with van der Waals surface area (Å²) in [6.45, 7) is 6.48. The first kappa shape index (κ1) is 12.6. The molecule has 1 rings (SSSR count). The molecule has 0 amide bonds. The van der Waals surface area contributed by atoms with Crippen molar-refractivity contribution in [3.63, 3.8) is 0 Å². The number of nitrogens with one attached hydrogen (secondary N) is 1. The average Bonchev–Trinajstić information content (AvgIpc) is 2.43. The summed E-state index contributed by atoms with van der Waals surface area (Å²) in [7, 11) is 0. The number of H-pyrrole nitrogens is 1. The summed E-state index contributed by atoms with van der Waals surface area (Å²) in [6, 6.07) is 0. The van der Waals surface area contributed by atoms with Gasteiger partial charge in [-0.25, -0.2) is 13.6 Å². The number of halogens is 2.